The predicted molar refractivity (Wildman–Crippen MR) is 95.6 cm³/mol. The molecule has 1 saturated carbocycles. The number of morpholine rings is 1. The Hall–Kier alpha value is -1.92. The highest BCUT2D eigenvalue weighted by Crippen LogP contribution is 2.41. The summed E-state index contributed by atoms with van der Waals surface area (Å²) < 4.78 is 11.5. The fourth-order valence-electron chi connectivity index (χ4n) is 4.37. The summed E-state index contributed by atoms with van der Waals surface area (Å²) in [7, 11) is 0. The van der Waals surface area contributed by atoms with Crippen LogP contribution in [0.3, 0.4) is 0 Å². The van der Waals surface area contributed by atoms with Crippen LogP contribution in [0.5, 0.6) is 0 Å². The van der Waals surface area contributed by atoms with E-state index in [1.807, 2.05) is 35.2 Å². The molecule has 2 saturated heterocycles. The smallest absolute Gasteiger partial charge is 0.256 e. The van der Waals surface area contributed by atoms with Gasteiger partial charge in [-0.3, -0.25) is 14.5 Å². The summed E-state index contributed by atoms with van der Waals surface area (Å²) in [6, 6.07) is 8.69. The monoisotopic (exact) mass is 358 g/mol. The first-order chi connectivity index (χ1) is 12.7. The number of hydrogen-bond acceptors (Lipinski definition) is 4. The number of ether oxygens (including phenoxy) is 2. The zero-order valence-electron chi connectivity index (χ0n) is 15.1. The zero-order chi connectivity index (χ0) is 18.0. The second-order valence-corrected chi connectivity index (χ2v) is 7.31. The molecule has 0 unspecified atom stereocenters. The Bertz CT molecular complexity index is 651. The summed E-state index contributed by atoms with van der Waals surface area (Å²) in [6.45, 7) is 2.55. The molecule has 140 valence electrons. The van der Waals surface area contributed by atoms with Crippen LogP contribution in [0.25, 0.3) is 0 Å². The van der Waals surface area contributed by atoms with Gasteiger partial charge in [0.1, 0.15) is 11.8 Å². The number of carbonyl (C=O) groups excluding carboxylic acids is 2. The predicted octanol–water partition coefficient (Wildman–Crippen LogP) is 2.05. The van der Waals surface area contributed by atoms with Gasteiger partial charge in [-0.15, -0.1) is 0 Å². The fourth-order valence-corrected chi connectivity index (χ4v) is 4.37. The first-order valence-electron chi connectivity index (χ1n) is 9.60. The van der Waals surface area contributed by atoms with E-state index in [0.717, 1.165) is 32.1 Å². The lowest BCUT2D eigenvalue weighted by molar-refractivity contribution is -0.141. The molecule has 0 bridgehead atoms. The van der Waals surface area contributed by atoms with Crippen molar-refractivity contribution in [1.82, 2.24) is 9.80 Å². The Morgan fingerprint density at radius 2 is 1.69 bits per heavy atom. The summed E-state index contributed by atoms with van der Waals surface area (Å²) in [4.78, 5) is 30.1. The maximum Gasteiger partial charge on any atom is 0.256 e. The molecule has 2 heterocycles. The number of amides is 2. The third kappa shape index (κ3) is 3.12. The molecule has 6 heteroatoms. The van der Waals surface area contributed by atoms with Crippen LogP contribution in [0.4, 0.5) is 0 Å². The minimum Gasteiger partial charge on any atom is -0.378 e. The summed E-state index contributed by atoms with van der Waals surface area (Å²) in [5, 5.41) is 0. The van der Waals surface area contributed by atoms with E-state index in [4.69, 9.17) is 9.47 Å². The van der Waals surface area contributed by atoms with Crippen molar-refractivity contribution >= 4 is 11.8 Å². The highest BCUT2D eigenvalue weighted by atomic mass is 16.5. The highest BCUT2D eigenvalue weighted by Gasteiger charge is 2.53. The molecule has 1 atom stereocenters. The average Bonchev–Trinajstić information content (AvgIpc) is 3.07. The SMILES string of the molecule is O=C([C@H]1COC2(CCCCC2)N1C(=O)c1ccccc1)N1CCOCC1. The molecule has 26 heavy (non-hydrogen) atoms. The Kier molecular flexibility index (Phi) is 4.96. The van der Waals surface area contributed by atoms with E-state index in [9.17, 15) is 9.59 Å². The van der Waals surface area contributed by atoms with Crippen LogP contribution in [0, 0.1) is 0 Å². The lowest BCUT2D eigenvalue weighted by Gasteiger charge is -2.42. The van der Waals surface area contributed by atoms with E-state index in [1.165, 1.54) is 0 Å². The second-order valence-electron chi connectivity index (χ2n) is 7.31. The van der Waals surface area contributed by atoms with Gasteiger partial charge in [0.15, 0.2) is 0 Å². The molecule has 0 radical (unpaired) electrons. The van der Waals surface area contributed by atoms with Crippen LogP contribution < -0.4 is 0 Å². The van der Waals surface area contributed by atoms with Crippen LogP contribution in [0.15, 0.2) is 30.3 Å². The van der Waals surface area contributed by atoms with Gasteiger partial charge in [-0.1, -0.05) is 24.6 Å². The minimum atomic E-state index is -0.627. The van der Waals surface area contributed by atoms with Crippen LogP contribution in [-0.2, 0) is 14.3 Å². The number of benzene rings is 1. The third-order valence-corrected chi connectivity index (χ3v) is 5.74. The van der Waals surface area contributed by atoms with Crippen LogP contribution >= 0.6 is 0 Å². The van der Waals surface area contributed by atoms with Gasteiger partial charge in [0, 0.05) is 18.7 Å². The molecule has 1 aromatic rings. The largest absolute Gasteiger partial charge is 0.378 e. The van der Waals surface area contributed by atoms with Crippen LogP contribution in [0.1, 0.15) is 42.5 Å². The fraction of sp³-hybridized carbons (Fsp3) is 0.600. The summed E-state index contributed by atoms with van der Waals surface area (Å²) in [5.41, 5.74) is -0.0136. The molecular formula is C20H26N2O4. The van der Waals surface area contributed by atoms with Gasteiger partial charge in [-0.05, 0) is 37.8 Å². The van der Waals surface area contributed by atoms with Gasteiger partial charge >= 0.3 is 0 Å². The number of rotatable bonds is 2. The van der Waals surface area contributed by atoms with E-state index in [-0.39, 0.29) is 18.4 Å². The molecule has 1 aliphatic carbocycles. The first kappa shape index (κ1) is 17.5. The van der Waals surface area contributed by atoms with Gasteiger partial charge in [-0.25, -0.2) is 0 Å². The maximum absolute atomic E-state index is 13.4. The molecule has 6 nitrogen and oxygen atoms in total. The van der Waals surface area contributed by atoms with E-state index < -0.39 is 11.8 Å². The van der Waals surface area contributed by atoms with E-state index in [1.54, 1.807) is 4.90 Å². The number of nitrogens with zero attached hydrogens (tertiary/aromatic N) is 2. The minimum absolute atomic E-state index is 0.0139. The Morgan fingerprint density at radius 1 is 1.00 bits per heavy atom. The second kappa shape index (κ2) is 7.37. The molecule has 0 aromatic heterocycles. The molecule has 3 fully saturated rings. The van der Waals surface area contributed by atoms with Crippen molar-refractivity contribution in [2.75, 3.05) is 32.9 Å². The summed E-state index contributed by atoms with van der Waals surface area (Å²) in [6.07, 6.45) is 4.81. The molecular weight excluding hydrogens is 332 g/mol. The lowest BCUT2D eigenvalue weighted by atomic mass is 9.89. The zero-order valence-corrected chi connectivity index (χ0v) is 15.1. The molecule has 0 N–H and O–H groups in total. The van der Waals surface area contributed by atoms with Crippen molar-refractivity contribution < 1.29 is 19.1 Å². The molecule has 4 rings (SSSR count). The Balaban J connectivity index is 1.64. The molecule has 3 aliphatic rings. The standard InChI is InChI=1S/C20H26N2O4/c23-18(16-7-3-1-4-8-16)22-17(19(24)21-11-13-25-14-12-21)15-26-20(22)9-5-2-6-10-20/h1,3-4,7-8,17H,2,5-6,9-15H2/t17-/m1/s1. The van der Waals surface area contributed by atoms with Crippen LogP contribution in [-0.4, -0.2) is 66.3 Å². The maximum atomic E-state index is 13.4. The van der Waals surface area contributed by atoms with Gasteiger partial charge in [0.05, 0.1) is 19.8 Å². The Labute approximate surface area is 154 Å². The summed E-state index contributed by atoms with van der Waals surface area (Å²) in [5.74, 6) is -0.114. The molecule has 1 spiro atoms. The van der Waals surface area contributed by atoms with E-state index in [2.05, 4.69) is 0 Å². The van der Waals surface area contributed by atoms with Crippen molar-refractivity contribution in [3.05, 3.63) is 35.9 Å². The number of hydrogen-bond donors (Lipinski definition) is 0. The van der Waals surface area contributed by atoms with E-state index >= 15 is 0 Å². The molecule has 1 aromatic carbocycles. The molecule has 2 amide bonds. The normalized spacial score (nSPS) is 25.5. The number of carbonyl (C=O) groups is 2. The highest BCUT2D eigenvalue weighted by molar-refractivity contribution is 5.98. The van der Waals surface area contributed by atoms with Crippen molar-refractivity contribution in [2.24, 2.45) is 0 Å². The van der Waals surface area contributed by atoms with Gasteiger partial charge < -0.3 is 14.4 Å². The van der Waals surface area contributed by atoms with E-state index in [0.29, 0.717) is 31.9 Å². The summed E-state index contributed by atoms with van der Waals surface area (Å²) >= 11 is 0. The van der Waals surface area contributed by atoms with Gasteiger partial charge in [-0.2, -0.15) is 0 Å². The molecule has 2 aliphatic heterocycles. The van der Waals surface area contributed by atoms with Crippen molar-refractivity contribution in [2.45, 2.75) is 43.9 Å². The van der Waals surface area contributed by atoms with Gasteiger partial charge in [0.2, 0.25) is 5.91 Å². The van der Waals surface area contributed by atoms with Crippen LogP contribution in [0.2, 0.25) is 0 Å². The topological polar surface area (TPSA) is 59.1 Å². The van der Waals surface area contributed by atoms with Crippen molar-refractivity contribution in [1.29, 1.82) is 0 Å². The lowest BCUT2D eigenvalue weighted by Crippen LogP contribution is -2.58. The van der Waals surface area contributed by atoms with Crippen molar-refractivity contribution in [3.8, 4) is 0 Å². The quantitative estimate of drug-likeness (QED) is 0.812. The average molecular weight is 358 g/mol. The first-order valence-corrected chi connectivity index (χ1v) is 9.60. The third-order valence-electron chi connectivity index (χ3n) is 5.74. The van der Waals surface area contributed by atoms with Gasteiger partial charge in [0.25, 0.3) is 5.91 Å². The Morgan fingerprint density at radius 3 is 2.38 bits per heavy atom. The van der Waals surface area contributed by atoms with Crippen molar-refractivity contribution in [3.63, 3.8) is 0 Å².